The molecule has 0 bridgehead atoms. The minimum Gasteiger partial charge on any atom is -0.311 e. The van der Waals surface area contributed by atoms with Crippen molar-refractivity contribution in [2.75, 3.05) is 6.54 Å². The van der Waals surface area contributed by atoms with Crippen molar-refractivity contribution < 1.29 is 0 Å². The molecule has 0 saturated heterocycles. The molecule has 0 fully saturated rings. The number of rotatable bonds is 7. The molecule has 2 aromatic rings. The van der Waals surface area contributed by atoms with Crippen LogP contribution in [0, 0.1) is 0 Å². The van der Waals surface area contributed by atoms with Gasteiger partial charge in [-0.1, -0.05) is 25.4 Å². The Balaban J connectivity index is 2.16. The molecule has 5 nitrogen and oxygen atoms in total. The van der Waals surface area contributed by atoms with E-state index in [9.17, 15) is 0 Å². The maximum Gasteiger partial charge on any atom is 0.0869 e. The van der Waals surface area contributed by atoms with Crippen molar-refractivity contribution in [2.24, 2.45) is 0 Å². The van der Waals surface area contributed by atoms with E-state index in [4.69, 9.17) is 11.6 Å². The van der Waals surface area contributed by atoms with Crippen molar-refractivity contribution in [3.8, 4) is 0 Å². The van der Waals surface area contributed by atoms with Crippen LogP contribution in [0.1, 0.15) is 37.9 Å². The van der Waals surface area contributed by atoms with E-state index in [0.717, 1.165) is 48.2 Å². The van der Waals surface area contributed by atoms with E-state index >= 15 is 0 Å². The Hall–Kier alpha value is -1.33. The highest BCUT2D eigenvalue weighted by Crippen LogP contribution is 2.22. The number of hydrogen-bond acceptors (Lipinski definition) is 3. The van der Waals surface area contributed by atoms with E-state index in [0.29, 0.717) is 6.54 Å². The van der Waals surface area contributed by atoms with E-state index in [-0.39, 0.29) is 0 Å². The van der Waals surface area contributed by atoms with Gasteiger partial charge in [0, 0.05) is 19.3 Å². The standard InChI is InChI=1S/C14H22ClN5/c1-4-12-14(15)13(20(6-3)18-12)10-19-8-7-11(17-19)9-16-5-2/h7-8,16H,4-6,9-10H2,1-3H3. The molecule has 0 aliphatic heterocycles. The van der Waals surface area contributed by atoms with Crippen LogP contribution in [0.15, 0.2) is 12.3 Å². The lowest BCUT2D eigenvalue weighted by Crippen LogP contribution is -2.13. The summed E-state index contributed by atoms with van der Waals surface area (Å²) >= 11 is 6.41. The molecule has 2 aromatic heterocycles. The monoisotopic (exact) mass is 295 g/mol. The van der Waals surface area contributed by atoms with E-state index < -0.39 is 0 Å². The van der Waals surface area contributed by atoms with Crippen molar-refractivity contribution in [3.05, 3.63) is 34.4 Å². The minimum absolute atomic E-state index is 0.659. The molecular formula is C14H22ClN5. The number of nitrogens with one attached hydrogen (secondary N) is 1. The number of aromatic nitrogens is 4. The smallest absolute Gasteiger partial charge is 0.0869 e. The Morgan fingerprint density at radius 1 is 1.25 bits per heavy atom. The Morgan fingerprint density at radius 3 is 2.70 bits per heavy atom. The molecule has 0 aliphatic carbocycles. The van der Waals surface area contributed by atoms with Gasteiger partial charge in [0.15, 0.2) is 0 Å². The van der Waals surface area contributed by atoms with Gasteiger partial charge in [-0.25, -0.2) is 0 Å². The molecular weight excluding hydrogens is 274 g/mol. The average Bonchev–Trinajstić information content (AvgIpc) is 3.03. The Labute approximate surface area is 124 Å². The summed E-state index contributed by atoms with van der Waals surface area (Å²) in [6.07, 6.45) is 2.84. The van der Waals surface area contributed by atoms with Crippen LogP contribution >= 0.6 is 11.6 Å². The Morgan fingerprint density at radius 2 is 2.05 bits per heavy atom. The van der Waals surface area contributed by atoms with Crippen LogP contribution in [0.25, 0.3) is 0 Å². The lowest BCUT2D eigenvalue weighted by atomic mass is 10.3. The first-order valence-corrected chi connectivity index (χ1v) is 7.54. The van der Waals surface area contributed by atoms with Crippen LogP contribution < -0.4 is 5.32 Å². The second kappa shape index (κ2) is 6.90. The lowest BCUT2D eigenvalue weighted by Gasteiger charge is -2.05. The molecule has 0 atom stereocenters. The second-order valence-corrected chi connectivity index (χ2v) is 5.04. The zero-order valence-corrected chi connectivity index (χ0v) is 13.1. The van der Waals surface area contributed by atoms with Crippen molar-refractivity contribution in [2.45, 2.75) is 46.8 Å². The van der Waals surface area contributed by atoms with Crippen LogP contribution in [-0.2, 0) is 26.1 Å². The topological polar surface area (TPSA) is 47.7 Å². The third-order valence-corrected chi connectivity index (χ3v) is 3.69. The highest BCUT2D eigenvalue weighted by atomic mass is 35.5. The number of halogens is 1. The summed E-state index contributed by atoms with van der Waals surface area (Å²) in [5.74, 6) is 0. The van der Waals surface area contributed by atoms with Crippen molar-refractivity contribution in [1.82, 2.24) is 24.9 Å². The summed E-state index contributed by atoms with van der Waals surface area (Å²) in [6.45, 7) is 9.45. The molecule has 0 spiro atoms. The van der Waals surface area contributed by atoms with Crippen LogP contribution in [0.5, 0.6) is 0 Å². The Kier molecular flexibility index (Phi) is 5.20. The summed E-state index contributed by atoms with van der Waals surface area (Å²) in [5.41, 5.74) is 3.04. The predicted octanol–water partition coefficient (Wildman–Crippen LogP) is 2.47. The summed E-state index contributed by atoms with van der Waals surface area (Å²) < 4.78 is 3.88. The van der Waals surface area contributed by atoms with Gasteiger partial charge in [-0.3, -0.25) is 9.36 Å². The van der Waals surface area contributed by atoms with Crippen LogP contribution in [-0.4, -0.2) is 26.1 Å². The molecule has 2 heterocycles. The fourth-order valence-corrected chi connectivity index (χ4v) is 2.49. The van der Waals surface area contributed by atoms with E-state index in [1.807, 2.05) is 21.6 Å². The second-order valence-electron chi connectivity index (χ2n) is 4.66. The van der Waals surface area contributed by atoms with E-state index in [2.05, 4.69) is 36.3 Å². The first-order valence-electron chi connectivity index (χ1n) is 7.16. The SMILES string of the molecule is CCNCc1ccn(Cc2c(Cl)c(CC)nn2CC)n1. The molecule has 0 radical (unpaired) electrons. The number of hydrogen-bond donors (Lipinski definition) is 1. The van der Waals surface area contributed by atoms with Crippen LogP contribution in [0.2, 0.25) is 5.02 Å². The van der Waals surface area contributed by atoms with Gasteiger partial charge < -0.3 is 5.32 Å². The molecule has 1 N–H and O–H groups in total. The third kappa shape index (κ3) is 3.22. The lowest BCUT2D eigenvalue weighted by molar-refractivity contribution is 0.567. The summed E-state index contributed by atoms with van der Waals surface area (Å²) in [5, 5.41) is 13.1. The summed E-state index contributed by atoms with van der Waals surface area (Å²) in [6, 6.07) is 2.03. The fourth-order valence-electron chi connectivity index (χ4n) is 2.16. The molecule has 110 valence electrons. The van der Waals surface area contributed by atoms with Crippen molar-refractivity contribution >= 4 is 11.6 Å². The fraction of sp³-hybridized carbons (Fsp3) is 0.571. The summed E-state index contributed by atoms with van der Waals surface area (Å²) in [7, 11) is 0. The minimum atomic E-state index is 0.659. The molecule has 20 heavy (non-hydrogen) atoms. The molecule has 0 aromatic carbocycles. The number of nitrogens with zero attached hydrogens (tertiary/aromatic N) is 4. The number of aryl methyl sites for hydroxylation is 2. The maximum atomic E-state index is 6.41. The van der Waals surface area contributed by atoms with Gasteiger partial charge in [0.2, 0.25) is 0 Å². The van der Waals surface area contributed by atoms with Gasteiger partial charge in [0.1, 0.15) is 0 Å². The predicted molar refractivity (Wildman–Crippen MR) is 81.0 cm³/mol. The molecule has 2 rings (SSSR count). The Bertz CT molecular complexity index is 558. The van der Waals surface area contributed by atoms with Crippen LogP contribution in [0.3, 0.4) is 0 Å². The molecule has 0 amide bonds. The summed E-state index contributed by atoms with van der Waals surface area (Å²) in [4.78, 5) is 0. The van der Waals surface area contributed by atoms with Gasteiger partial charge in [-0.15, -0.1) is 0 Å². The maximum absolute atomic E-state index is 6.41. The van der Waals surface area contributed by atoms with Crippen LogP contribution in [0.4, 0.5) is 0 Å². The van der Waals surface area contributed by atoms with Crippen molar-refractivity contribution in [3.63, 3.8) is 0 Å². The first-order chi connectivity index (χ1) is 9.69. The van der Waals surface area contributed by atoms with Gasteiger partial charge in [0.05, 0.1) is 28.6 Å². The van der Waals surface area contributed by atoms with Crippen molar-refractivity contribution in [1.29, 1.82) is 0 Å². The largest absolute Gasteiger partial charge is 0.311 e. The van der Waals surface area contributed by atoms with Gasteiger partial charge in [0.25, 0.3) is 0 Å². The van der Waals surface area contributed by atoms with Gasteiger partial charge in [-0.2, -0.15) is 10.2 Å². The van der Waals surface area contributed by atoms with E-state index in [1.54, 1.807) is 0 Å². The zero-order valence-electron chi connectivity index (χ0n) is 12.4. The molecule has 0 unspecified atom stereocenters. The average molecular weight is 296 g/mol. The third-order valence-electron chi connectivity index (χ3n) is 3.26. The molecule has 0 saturated carbocycles. The van der Waals surface area contributed by atoms with Gasteiger partial charge in [-0.05, 0) is 26.0 Å². The normalized spacial score (nSPS) is 11.2. The quantitative estimate of drug-likeness (QED) is 0.853. The zero-order chi connectivity index (χ0) is 14.5. The highest BCUT2D eigenvalue weighted by Gasteiger charge is 2.15. The highest BCUT2D eigenvalue weighted by molar-refractivity contribution is 6.31. The molecule has 6 heteroatoms. The molecule has 0 aliphatic rings. The van der Waals surface area contributed by atoms with Gasteiger partial charge >= 0.3 is 0 Å². The first kappa shape index (κ1) is 15.1. The van der Waals surface area contributed by atoms with E-state index in [1.165, 1.54) is 0 Å².